The van der Waals surface area contributed by atoms with Gasteiger partial charge in [0.2, 0.25) is 0 Å². The number of aromatic nitrogens is 3. The Hall–Kier alpha value is -0.900. The molecule has 0 spiro atoms. The Labute approximate surface area is 96.8 Å². The molecule has 1 aromatic heterocycles. The molecule has 16 heavy (non-hydrogen) atoms. The van der Waals surface area contributed by atoms with Gasteiger partial charge in [0, 0.05) is 5.92 Å². The average Bonchev–Trinajstić information content (AvgIpc) is 2.84. The van der Waals surface area contributed by atoms with E-state index in [4.69, 9.17) is 4.74 Å². The van der Waals surface area contributed by atoms with Crippen molar-refractivity contribution in [1.82, 2.24) is 15.2 Å². The SMILES string of the molecule is CC(C)(C)OCc1nc(C2CCCC2)n[nH]1. The molecule has 0 atom stereocenters. The summed E-state index contributed by atoms with van der Waals surface area (Å²) in [5.74, 6) is 2.39. The first-order chi connectivity index (χ1) is 7.54. The zero-order valence-corrected chi connectivity index (χ0v) is 10.4. The van der Waals surface area contributed by atoms with Crippen LogP contribution in [0.2, 0.25) is 0 Å². The molecule has 1 aliphatic rings. The molecule has 1 aliphatic carbocycles. The van der Waals surface area contributed by atoms with Crippen molar-refractivity contribution >= 4 is 0 Å². The van der Waals surface area contributed by atoms with Crippen LogP contribution >= 0.6 is 0 Å². The maximum absolute atomic E-state index is 5.66. The molecule has 2 rings (SSSR count). The van der Waals surface area contributed by atoms with Gasteiger partial charge in [0.25, 0.3) is 0 Å². The van der Waals surface area contributed by atoms with E-state index in [0.717, 1.165) is 11.6 Å². The quantitative estimate of drug-likeness (QED) is 0.857. The van der Waals surface area contributed by atoms with Gasteiger partial charge in [0.1, 0.15) is 6.61 Å². The van der Waals surface area contributed by atoms with Crippen molar-refractivity contribution in [2.24, 2.45) is 0 Å². The first kappa shape index (κ1) is 11.6. The third kappa shape index (κ3) is 3.04. The monoisotopic (exact) mass is 223 g/mol. The van der Waals surface area contributed by atoms with E-state index in [0.29, 0.717) is 12.5 Å². The molecular formula is C12H21N3O. The van der Waals surface area contributed by atoms with Crippen LogP contribution < -0.4 is 0 Å². The highest BCUT2D eigenvalue weighted by Gasteiger charge is 2.21. The Kier molecular flexibility index (Phi) is 3.28. The Balaban J connectivity index is 1.91. The number of ether oxygens (including phenoxy) is 1. The second-order valence-corrected chi connectivity index (χ2v) is 5.52. The summed E-state index contributed by atoms with van der Waals surface area (Å²) in [5.41, 5.74) is -0.125. The number of hydrogen-bond donors (Lipinski definition) is 1. The fourth-order valence-corrected chi connectivity index (χ4v) is 2.03. The van der Waals surface area contributed by atoms with E-state index in [1.807, 2.05) is 20.8 Å². The first-order valence-electron chi connectivity index (χ1n) is 6.10. The lowest BCUT2D eigenvalue weighted by molar-refractivity contribution is -0.0180. The maximum atomic E-state index is 5.66. The van der Waals surface area contributed by atoms with E-state index in [2.05, 4.69) is 15.2 Å². The van der Waals surface area contributed by atoms with Gasteiger partial charge in [-0.3, -0.25) is 5.10 Å². The van der Waals surface area contributed by atoms with Crippen molar-refractivity contribution in [3.05, 3.63) is 11.6 Å². The standard InChI is InChI=1S/C12H21N3O/c1-12(2,3)16-8-10-13-11(15-14-10)9-6-4-5-7-9/h9H,4-8H2,1-3H3,(H,13,14,15). The third-order valence-corrected chi connectivity index (χ3v) is 2.91. The summed E-state index contributed by atoms with van der Waals surface area (Å²) >= 11 is 0. The molecule has 0 amide bonds. The average molecular weight is 223 g/mol. The number of nitrogens with zero attached hydrogens (tertiary/aromatic N) is 2. The highest BCUT2D eigenvalue weighted by atomic mass is 16.5. The van der Waals surface area contributed by atoms with Gasteiger partial charge in [-0.15, -0.1) is 0 Å². The van der Waals surface area contributed by atoms with E-state index in [1.54, 1.807) is 0 Å². The van der Waals surface area contributed by atoms with Crippen LogP contribution in [-0.4, -0.2) is 20.8 Å². The summed E-state index contributed by atoms with van der Waals surface area (Å²) in [4.78, 5) is 4.50. The van der Waals surface area contributed by atoms with Crippen LogP contribution in [0, 0.1) is 0 Å². The van der Waals surface area contributed by atoms with Crippen molar-refractivity contribution in [2.75, 3.05) is 0 Å². The molecular weight excluding hydrogens is 202 g/mol. The molecule has 1 heterocycles. The Morgan fingerprint density at radius 1 is 1.31 bits per heavy atom. The lowest BCUT2D eigenvalue weighted by atomic mass is 10.1. The highest BCUT2D eigenvalue weighted by Crippen LogP contribution is 2.31. The smallest absolute Gasteiger partial charge is 0.153 e. The van der Waals surface area contributed by atoms with Gasteiger partial charge in [-0.2, -0.15) is 5.10 Å². The van der Waals surface area contributed by atoms with Gasteiger partial charge in [-0.1, -0.05) is 12.8 Å². The number of hydrogen-bond acceptors (Lipinski definition) is 3. The molecule has 0 aliphatic heterocycles. The van der Waals surface area contributed by atoms with Crippen LogP contribution in [0.3, 0.4) is 0 Å². The predicted octanol–water partition coefficient (Wildman–Crippen LogP) is 2.78. The molecule has 0 unspecified atom stereocenters. The highest BCUT2D eigenvalue weighted by molar-refractivity contribution is 4.99. The van der Waals surface area contributed by atoms with Crippen LogP contribution in [-0.2, 0) is 11.3 Å². The molecule has 1 fully saturated rings. The molecule has 4 heteroatoms. The summed E-state index contributed by atoms with van der Waals surface area (Å²) in [7, 11) is 0. The van der Waals surface area contributed by atoms with E-state index >= 15 is 0 Å². The third-order valence-electron chi connectivity index (χ3n) is 2.91. The first-order valence-corrected chi connectivity index (χ1v) is 6.10. The van der Waals surface area contributed by atoms with Gasteiger partial charge in [0.15, 0.2) is 11.6 Å². The van der Waals surface area contributed by atoms with E-state index < -0.39 is 0 Å². The molecule has 90 valence electrons. The van der Waals surface area contributed by atoms with Crippen LogP contribution in [0.25, 0.3) is 0 Å². The van der Waals surface area contributed by atoms with E-state index in [9.17, 15) is 0 Å². The van der Waals surface area contributed by atoms with E-state index in [-0.39, 0.29) is 5.60 Å². The van der Waals surface area contributed by atoms with Crippen molar-refractivity contribution in [2.45, 2.75) is 64.6 Å². The normalized spacial score (nSPS) is 18.2. The Morgan fingerprint density at radius 3 is 2.62 bits per heavy atom. The molecule has 0 aromatic carbocycles. The molecule has 4 nitrogen and oxygen atoms in total. The summed E-state index contributed by atoms with van der Waals surface area (Å²) in [5, 5.41) is 7.25. The maximum Gasteiger partial charge on any atom is 0.153 e. The zero-order chi connectivity index (χ0) is 11.6. The minimum Gasteiger partial charge on any atom is -0.368 e. The van der Waals surface area contributed by atoms with Crippen molar-refractivity contribution in [3.8, 4) is 0 Å². The number of aromatic amines is 1. The van der Waals surface area contributed by atoms with Gasteiger partial charge < -0.3 is 4.74 Å². The summed E-state index contributed by atoms with van der Waals surface area (Å²) in [6, 6.07) is 0. The molecule has 0 bridgehead atoms. The largest absolute Gasteiger partial charge is 0.368 e. The minimum atomic E-state index is -0.125. The summed E-state index contributed by atoms with van der Waals surface area (Å²) in [6.07, 6.45) is 5.09. The second-order valence-electron chi connectivity index (χ2n) is 5.52. The molecule has 1 aromatic rings. The van der Waals surface area contributed by atoms with Crippen LogP contribution in [0.15, 0.2) is 0 Å². The topological polar surface area (TPSA) is 50.8 Å². The minimum absolute atomic E-state index is 0.125. The Bertz CT molecular complexity index is 334. The lowest BCUT2D eigenvalue weighted by Gasteiger charge is -2.18. The molecule has 1 saturated carbocycles. The van der Waals surface area contributed by atoms with Gasteiger partial charge in [-0.05, 0) is 33.6 Å². The Morgan fingerprint density at radius 2 is 2.00 bits per heavy atom. The molecule has 1 N–H and O–H groups in total. The number of H-pyrrole nitrogens is 1. The number of rotatable bonds is 3. The lowest BCUT2D eigenvalue weighted by Crippen LogP contribution is -2.19. The van der Waals surface area contributed by atoms with Gasteiger partial charge >= 0.3 is 0 Å². The molecule has 0 radical (unpaired) electrons. The predicted molar refractivity (Wildman–Crippen MR) is 62.1 cm³/mol. The zero-order valence-electron chi connectivity index (χ0n) is 10.4. The van der Waals surface area contributed by atoms with Crippen molar-refractivity contribution in [1.29, 1.82) is 0 Å². The van der Waals surface area contributed by atoms with E-state index in [1.165, 1.54) is 25.7 Å². The number of nitrogens with one attached hydrogen (secondary N) is 1. The van der Waals surface area contributed by atoms with Crippen molar-refractivity contribution < 1.29 is 4.74 Å². The van der Waals surface area contributed by atoms with Crippen molar-refractivity contribution in [3.63, 3.8) is 0 Å². The summed E-state index contributed by atoms with van der Waals surface area (Å²) in [6.45, 7) is 6.65. The second kappa shape index (κ2) is 4.53. The van der Waals surface area contributed by atoms with Gasteiger partial charge in [0.05, 0.1) is 5.60 Å². The van der Waals surface area contributed by atoms with Gasteiger partial charge in [-0.25, -0.2) is 4.98 Å². The van der Waals surface area contributed by atoms with Crippen LogP contribution in [0.1, 0.15) is 64.0 Å². The fraction of sp³-hybridized carbons (Fsp3) is 0.833. The van der Waals surface area contributed by atoms with Crippen LogP contribution in [0.4, 0.5) is 0 Å². The van der Waals surface area contributed by atoms with Crippen LogP contribution in [0.5, 0.6) is 0 Å². The summed E-state index contributed by atoms with van der Waals surface area (Å²) < 4.78 is 5.66. The molecule has 0 saturated heterocycles. The fourth-order valence-electron chi connectivity index (χ4n) is 2.03.